The van der Waals surface area contributed by atoms with E-state index in [9.17, 15) is 39.3 Å². The predicted molar refractivity (Wildman–Crippen MR) is 162 cm³/mol. The summed E-state index contributed by atoms with van der Waals surface area (Å²) in [5.74, 6) is -4.99. The molecule has 0 saturated heterocycles. The minimum absolute atomic E-state index is 0.0162. The number of H-pyrrole nitrogens is 1. The summed E-state index contributed by atoms with van der Waals surface area (Å²) in [6, 6.07) is 8.25. The number of para-hydroxylation sites is 1. The van der Waals surface area contributed by atoms with Crippen LogP contribution in [-0.4, -0.2) is 74.1 Å². The SMILES string of the molecule is CCC(C)C(N)C(=O)NC(CCC(=O)O)C(=O)NC(Cc1ccc(O)cc1)C(=O)NC(Cc1c[nH]c2ccccc12)C(=O)O. The Hall–Kier alpha value is -4.91. The van der Waals surface area contributed by atoms with Gasteiger partial charge >= 0.3 is 11.9 Å². The van der Waals surface area contributed by atoms with E-state index in [4.69, 9.17) is 5.73 Å². The molecule has 5 atom stereocenters. The fourth-order valence-corrected chi connectivity index (χ4v) is 4.66. The molecule has 2 aromatic carbocycles. The monoisotopic (exact) mass is 609 g/mol. The highest BCUT2D eigenvalue weighted by atomic mass is 16.4. The molecule has 0 fully saturated rings. The largest absolute Gasteiger partial charge is 0.508 e. The number of hydrogen-bond acceptors (Lipinski definition) is 7. The number of rotatable bonds is 16. The van der Waals surface area contributed by atoms with Crippen LogP contribution in [0.4, 0.5) is 0 Å². The molecule has 0 spiro atoms. The first-order valence-corrected chi connectivity index (χ1v) is 14.3. The molecule has 3 rings (SSSR count). The Morgan fingerprint density at radius 1 is 0.841 bits per heavy atom. The third-order valence-electron chi connectivity index (χ3n) is 7.56. The number of aromatic nitrogens is 1. The summed E-state index contributed by atoms with van der Waals surface area (Å²) in [5, 5.41) is 37.2. The van der Waals surface area contributed by atoms with Crippen LogP contribution < -0.4 is 21.7 Å². The molecular formula is C31H39N5O8. The fraction of sp³-hybridized carbons (Fsp3) is 0.387. The lowest BCUT2D eigenvalue weighted by Gasteiger charge is -2.26. The number of nitrogens with one attached hydrogen (secondary N) is 4. The summed E-state index contributed by atoms with van der Waals surface area (Å²) in [6.07, 6.45) is 1.41. The standard InChI is InChI=1S/C31H39N5O8/c1-3-17(2)27(32)30(42)34-23(12-13-26(38)39)28(40)35-24(14-18-8-10-20(37)11-9-18)29(41)36-25(31(43)44)15-19-16-33-22-7-5-4-6-21(19)22/h4-11,16-17,23-25,27,33,37H,3,12-15,32H2,1-2H3,(H,34,42)(H,35,40)(H,36,41)(H,38,39)(H,43,44). The number of aliphatic carboxylic acids is 2. The highest BCUT2D eigenvalue weighted by molar-refractivity contribution is 5.94. The number of benzene rings is 2. The molecule has 0 saturated carbocycles. The van der Waals surface area contributed by atoms with E-state index in [2.05, 4.69) is 20.9 Å². The summed E-state index contributed by atoms with van der Waals surface area (Å²) < 4.78 is 0. The average molecular weight is 610 g/mol. The number of nitrogens with two attached hydrogens (primary N) is 1. The highest BCUT2D eigenvalue weighted by Gasteiger charge is 2.32. The molecule has 1 aromatic heterocycles. The zero-order chi connectivity index (χ0) is 32.4. The first kappa shape index (κ1) is 33.6. The maximum atomic E-state index is 13.6. The van der Waals surface area contributed by atoms with Gasteiger partial charge in [-0.3, -0.25) is 19.2 Å². The number of phenols is 1. The number of carbonyl (C=O) groups is 5. The number of fused-ring (bicyclic) bond motifs is 1. The molecule has 1 heterocycles. The molecule has 13 heteroatoms. The lowest BCUT2D eigenvalue weighted by atomic mass is 9.98. The second-order valence-electron chi connectivity index (χ2n) is 10.8. The van der Waals surface area contributed by atoms with Crippen LogP contribution in [0.3, 0.4) is 0 Å². The molecule has 0 radical (unpaired) electrons. The van der Waals surface area contributed by atoms with Gasteiger partial charge in [-0.2, -0.15) is 0 Å². The Morgan fingerprint density at radius 2 is 1.45 bits per heavy atom. The van der Waals surface area contributed by atoms with Crippen molar-refractivity contribution in [1.82, 2.24) is 20.9 Å². The maximum absolute atomic E-state index is 13.6. The average Bonchev–Trinajstić information content (AvgIpc) is 3.41. The minimum atomic E-state index is -1.35. The Balaban J connectivity index is 1.84. The topological polar surface area (TPSA) is 224 Å². The van der Waals surface area contributed by atoms with Crippen molar-refractivity contribution < 1.29 is 39.3 Å². The van der Waals surface area contributed by atoms with Crippen LogP contribution in [0.2, 0.25) is 0 Å². The quantitative estimate of drug-likeness (QED) is 0.117. The van der Waals surface area contributed by atoms with Gasteiger partial charge in [0.05, 0.1) is 6.04 Å². The third kappa shape index (κ3) is 9.30. The molecule has 13 nitrogen and oxygen atoms in total. The summed E-state index contributed by atoms with van der Waals surface area (Å²) >= 11 is 0. The van der Waals surface area contributed by atoms with E-state index in [-0.39, 0.29) is 30.9 Å². The Kier molecular flexibility index (Phi) is 11.9. The van der Waals surface area contributed by atoms with Gasteiger partial charge in [0, 0.05) is 36.4 Å². The number of hydrogen-bond donors (Lipinski definition) is 8. The summed E-state index contributed by atoms with van der Waals surface area (Å²) in [4.78, 5) is 66.3. The number of carboxylic acids is 2. The van der Waals surface area contributed by atoms with Crippen molar-refractivity contribution in [2.45, 2.75) is 70.1 Å². The van der Waals surface area contributed by atoms with E-state index in [1.54, 1.807) is 13.1 Å². The summed E-state index contributed by atoms with van der Waals surface area (Å²) in [7, 11) is 0. The number of aromatic hydroxyl groups is 1. The van der Waals surface area contributed by atoms with E-state index in [1.165, 1.54) is 24.3 Å². The predicted octanol–water partition coefficient (Wildman–Crippen LogP) is 1.44. The van der Waals surface area contributed by atoms with Crippen molar-refractivity contribution in [2.75, 3.05) is 0 Å². The lowest BCUT2D eigenvalue weighted by Crippen LogP contribution is -2.58. The van der Waals surface area contributed by atoms with Gasteiger partial charge < -0.3 is 42.0 Å². The second-order valence-corrected chi connectivity index (χ2v) is 10.8. The van der Waals surface area contributed by atoms with Gasteiger partial charge in [0.25, 0.3) is 0 Å². The Morgan fingerprint density at radius 3 is 2.09 bits per heavy atom. The molecule has 0 aliphatic heterocycles. The minimum Gasteiger partial charge on any atom is -0.508 e. The number of aromatic amines is 1. The second kappa shape index (κ2) is 15.5. The number of carbonyl (C=O) groups excluding carboxylic acids is 3. The molecule has 0 aliphatic carbocycles. The molecule has 44 heavy (non-hydrogen) atoms. The lowest BCUT2D eigenvalue weighted by molar-refractivity contribution is -0.142. The maximum Gasteiger partial charge on any atom is 0.326 e. The van der Waals surface area contributed by atoms with Crippen molar-refractivity contribution >= 4 is 40.6 Å². The first-order chi connectivity index (χ1) is 20.9. The highest BCUT2D eigenvalue weighted by Crippen LogP contribution is 2.19. The fourth-order valence-electron chi connectivity index (χ4n) is 4.66. The summed E-state index contributed by atoms with van der Waals surface area (Å²) in [6.45, 7) is 3.62. The zero-order valence-corrected chi connectivity index (χ0v) is 24.6. The van der Waals surface area contributed by atoms with Gasteiger partial charge in [-0.05, 0) is 41.7 Å². The normalized spacial score (nSPS) is 14.5. The van der Waals surface area contributed by atoms with E-state index < -0.39 is 60.2 Å². The molecule has 9 N–H and O–H groups in total. The van der Waals surface area contributed by atoms with Gasteiger partial charge in [0.2, 0.25) is 17.7 Å². The number of carboxylic acid groups (broad SMARTS) is 2. The smallest absolute Gasteiger partial charge is 0.326 e. The van der Waals surface area contributed by atoms with Crippen LogP contribution in [-0.2, 0) is 36.8 Å². The van der Waals surface area contributed by atoms with Crippen molar-refractivity contribution in [3.63, 3.8) is 0 Å². The van der Waals surface area contributed by atoms with Gasteiger partial charge in [-0.25, -0.2) is 4.79 Å². The van der Waals surface area contributed by atoms with Crippen molar-refractivity contribution in [2.24, 2.45) is 11.7 Å². The van der Waals surface area contributed by atoms with Crippen molar-refractivity contribution in [1.29, 1.82) is 0 Å². The molecule has 0 aliphatic rings. The van der Waals surface area contributed by atoms with E-state index in [0.29, 0.717) is 17.5 Å². The van der Waals surface area contributed by atoms with Crippen LogP contribution in [0.5, 0.6) is 5.75 Å². The molecule has 236 valence electrons. The van der Waals surface area contributed by atoms with Crippen LogP contribution in [0.1, 0.15) is 44.2 Å². The van der Waals surface area contributed by atoms with Crippen LogP contribution >= 0.6 is 0 Å². The van der Waals surface area contributed by atoms with Gasteiger partial charge in [-0.1, -0.05) is 50.6 Å². The van der Waals surface area contributed by atoms with Crippen LogP contribution in [0.25, 0.3) is 10.9 Å². The van der Waals surface area contributed by atoms with Gasteiger partial charge in [-0.15, -0.1) is 0 Å². The van der Waals surface area contributed by atoms with Crippen molar-refractivity contribution in [3.05, 3.63) is 65.9 Å². The molecule has 3 amide bonds. The van der Waals surface area contributed by atoms with Crippen LogP contribution in [0.15, 0.2) is 54.7 Å². The third-order valence-corrected chi connectivity index (χ3v) is 7.56. The number of phenolic OH excluding ortho intramolecular Hbond substituents is 1. The number of amides is 3. The van der Waals surface area contributed by atoms with E-state index in [0.717, 1.165) is 10.9 Å². The zero-order valence-electron chi connectivity index (χ0n) is 24.6. The van der Waals surface area contributed by atoms with Gasteiger partial charge in [0.1, 0.15) is 23.9 Å². The molecule has 5 unspecified atom stereocenters. The molecule has 3 aromatic rings. The van der Waals surface area contributed by atoms with E-state index >= 15 is 0 Å². The Labute approximate surface area is 254 Å². The first-order valence-electron chi connectivity index (χ1n) is 14.3. The van der Waals surface area contributed by atoms with Crippen molar-refractivity contribution in [3.8, 4) is 5.75 Å². The van der Waals surface area contributed by atoms with Gasteiger partial charge in [0.15, 0.2) is 0 Å². The summed E-state index contributed by atoms with van der Waals surface area (Å²) in [5.41, 5.74) is 8.02. The molecular weight excluding hydrogens is 570 g/mol. The van der Waals surface area contributed by atoms with Crippen LogP contribution in [0, 0.1) is 5.92 Å². The molecule has 0 bridgehead atoms. The van der Waals surface area contributed by atoms with E-state index in [1.807, 2.05) is 31.2 Å². The Bertz CT molecular complexity index is 1470.